The van der Waals surface area contributed by atoms with Gasteiger partial charge >= 0.3 is 5.97 Å². The average molecular weight is 320 g/mol. The summed E-state index contributed by atoms with van der Waals surface area (Å²) < 4.78 is 6.94. The van der Waals surface area contributed by atoms with E-state index in [1.807, 2.05) is 31.3 Å². The van der Waals surface area contributed by atoms with Crippen molar-refractivity contribution in [3.8, 4) is 0 Å². The monoisotopic (exact) mass is 320 g/mol. The molecule has 3 aromatic rings. The van der Waals surface area contributed by atoms with Crippen molar-refractivity contribution in [2.45, 2.75) is 13.8 Å². The highest BCUT2D eigenvalue weighted by atomic mass is 16.5. The molecule has 4 heteroatoms. The van der Waals surface area contributed by atoms with E-state index in [2.05, 4.69) is 35.7 Å². The Balaban J connectivity index is 2.06. The van der Waals surface area contributed by atoms with E-state index in [1.165, 1.54) is 18.0 Å². The smallest absolute Gasteiger partial charge is 0.337 e. The quantitative estimate of drug-likeness (QED) is 0.532. The Kier molecular flexibility index (Phi) is 4.21. The summed E-state index contributed by atoms with van der Waals surface area (Å²) in [6.07, 6.45) is 1.88. The largest absolute Gasteiger partial charge is 0.465 e. The summed E-state index contributed by atoms with van der Waals surface area (Å²) in [5, 5.41) is 1.17. The van der Waals surface area contributed by atoms with Gasteiger partial charge in [0.2, 0.25) is 0 Å². The molecule has 0 aliphatic carbocycles. The van der Waals surface area contributed by atoms with E-state index in [-0.39, 0.29) is 5.97 Å². The van der Waals surface area contributed by atoms with Gasteiger partial charge in [-0.25, -0.2) is 4.79 Å². The van der Waals surface area contributed by atoms with Crippen LogP contribution in [0.15, 0.2) is 47.5 Å². The summed E-state index contributed by atoms with van der Waals surface area (Å²) in [7, 11) is 3.43. The molecule has 24 heavy (non-hydrogen) atoms. The highest BCUT2D eigenvalue weighted by molar-refractivity contribution is 6.02. The molecule has 0 fully saturated rings. The second kappa shape index (κ2) is 6.32. The van der Waals surface area contributed by atoms with Gasteiger partial charge < -0.3 is 9.30 Å². The Bertz CT molecular complexity index is 952. The number of benzene rings is 2. The van der Waals surface area contributed by atoms with Gasteiger partial charge in [0.1, 0.15) is 0 Å². The van der Waals surface area contributed by atoms with E-state index < -0.39 is 0 Å². The number of para-hydroxylation sites is 1. The molecule has 3 rings (SSSR count). The molecule has 0 atom stereocenters. The van der Waals surface area contributed by atoms with Gasteiger partial charge in [-0.3, -0.25) is 4.99 Å². The molecular formula is C20H20N2O2. The molecule has 122 valence electrons. The number of ether oxygens (including phenoxy) is 1. The minimum atomic E-state index is -0.354. The fraction of sp³-hybridized carbons (Fsp3) is 0.200. The van der Waals surface area contributed by atoms with Gasteiger partial charge in [-0.15, -0.1) is 0 Å². The maximum absolute atomic E-state index is 11.7. The molecule has 0 radical (unpaired) electrons. The fourth-order valence-electron chi connectivity index (χ4n) is 2.84. The molecule has 0 spiro atoms. The van der Waals surface area contributed by atoms with Crippen LogP contribution in [0.25, 0.3) is 10.9 Å². The maximum Gasteiger partial charge on any atom is 0.337 e. The Hall–Kier alpha value is -2.88. The fourth-order valence-corrected chi connectivity index (χ4v) is 2.84. The number of esters is 1. The first-order chi connectivity index (χ1) is 11.5. The van der Waals surface area contributed by atoms with Gasteiger partial charge in [0.15, 0.2) is 0 Å². The Labute approximate surface area is 141 Å². The van der Waals surface area contributed by atoms with Crippen molar-refractivity contribution >= 4 is 28.8 Å². The van der Waals surface area contributed by atoms with Gasteiger partial charge in [0.05, 0.1) is 18.4 Å². The van der Waals surface area contributed by atoms with Crippen LogP contribution in [0.2, 0.25) is 0 Å². The van der Waals surface area contributed by atoms with Gasteiger partial charge in [0, 0.05) is 35.4 Å². The molecule has 0 amide bonds. The van der Waals surface area contributed by atoms with Crippen LogP contribution in [-0.2, 0) is 11.8 Å². The standard InChI is InChI=1S/C20H20N2O2/c1-13-9-10-15(20(23)24-4)11-18(13)21-12-17-14(2)22(3)19-8-6-5-7-16(17)19/h5-12H,1-4H3. The van der Waals surface area contributed by atoms with Crippen LogP contribution in [0.3, 0.4) is 0 Å². The van der Waals surface area contributed by atoms with E-state index in [4.69, 9.17) is 4.74 Å². The Morgan fingerprint density at radius 2 is 1.92 bits per heavy atom. The SMILES string of the molecule is COC(=O)c1ccc(C)c(N=Cc2c(C)n(C)c3ccccc23)c1. The zero-order valence-electron chi connectivity index (χ0n) is 14.3. The number of carbonyl (C=O) groups excluding carboxylic acids is 1. The van der Waals surface area contributed by atoms with Crippen LogP contribution < -0.4 is 0 Å². The number of rotatable bonds is 3. The molecule has 0 bridgehead atoms. The molecule has 0 aliphatic rings. The highest BCUT2D eigenvalue weighted by Crippen LogP contribution is 2.25. The van der Waals surface area contributed by atoms with E-state index in [0.29, 0.717) is 5.56 Å². The number of fused-ring (bicyclic) bond motifs is 1. The molecule has 1 aromatic heterocycles. The summed E-state index contributed by atoms with van der Waals surface area (Å²) in [5.41, 5.74) is 5.71. The molecule has 0 N–H and O–H groups in total. The first-order valence-corrected chi connectivity index (χ1v) is 7.80. The third-order valence-electron chi connectivity index (χ3n) is 4.41. The van der Waals surface area contributed by atoms with E-state index >= 15 is 0 Å². The lowest BCUT2D eigenvalue weighted by molar-refractivity contribution is 0.0601. The molecular weight excluding hydrogens is 300 g/mol. The number of hydrogen-bond donors (Lipinski definition) is 0. The zero-order valence-corrected chi connectivity index (χ0v) is 14.3. The van der Waals surface area contributed by atoms with Crippen molar-refractivity contribution in [3.05, 3.63) is 64.8 Å². The Morgan fingerprint density at radius 3 is 2.67 bits per heavy atom. The van der Waals surface area contributed by atoms with Crippen molar-refractivity contribution in [1.29, 1.82) is 0 Å². The minimum absolute atomic E-state index is 0.354. The Morgan fingerprint density at radius 1 is 1.17 bits per heavy atom. The second-order valence-corrected chi connectivity index (χ2v) is 5.83. The summed E-state index contributed by atoms with van der Waals surface area (Å²) in [6, 6.07) is 13.7. The van der Waals surface area contributed by atoms with Gasteiger partial charge in [-0.2, -0.15) is 0 Å². The van der Waals surface area contributed by atoms with Crippen molar-refractivity contribution in [2.75, 3.05) is 7.11 Å². The van der Waals surface area contributed by atoms with E-state index in [1.54, 1.807) is 12.1 Å². The van der Waals surface area contributed by atoms with Crippen molar-refractivity contribution in [3.63, 3.8) is 0 Å². The lowest BCUT2D eigenvalue weighted by atomic mass is 10.1. The van der Waals surface area contributed by atoms with Gasteiger partial charge in [0.25, 0.3) is 0 Å². The average Bonchev–Trinajstić information content (AvgIpc) is 2.85. The third-order valence-corrected chi connectivity index (χ3v) is 4.41. The number of methoxy groups -OCH3 is 1. The predicted octanol–water partition coefficient (Wildman–Crippen LogP) is 4.33. The second-order valence-electron chi connectivity index (χ2n) is 5.83. The first kappa shape index (κ1) is 16.0. The molecule has 0 saturated carbocycles. The summed E-state index contributed by atoms with van der Waals surface area (Å²) in [6.45, 7) is 4.06. The summed E-state index contributed by atoms with van der Waals surface area (Å²) in [5.74, 6) is -0.354. The lowest BCUT2D eigenvalue weighted by Gasteiger charge is -2.04. The molecule has 0 saturated heterocycles. The third kappa shape index (κ3) is 2.71. The maximum atomic E-state index is 11.7. The van der Waals surface area contributed by atoms with Crippen LogP contribution in [0.1, 0.15) is 27.2 Å². The lowest BCUT2D eigenvalue weighted by Crippen LogP contribution is -2.00. The van der Waals surface area contributed by atoms with Crippen molar-refractivity contribution < 1.29 is 9.53 Å². The van der Waals surface area contributed by atoms with Crippen LogP contribution >= 0.6 is 0 Å². The molecule has 4 nitrogen and oxygen atoms in total. The molecule has 1 heterocycles. The number of carbonyl (C=O) groups is 1. The van der Waals surface area contributed by atoms with Crippen LogP contribution in [0.5, 0.6) is 0 Å². The molecule has 2 aromatic carbocycles. The van der Waals surface area contributed by atoms with Crippen LogP contribution in [0, 0.1) is 13.8 Å². The van der Waals surface area contributed by atoms with Crippen molar-refractivity contribution in [1.82, 2.24) is 4.57 Å². The highest BCUT2D eigenvalue weighted by Gasteiger charge is 2.10. The zero-order chi connectivity index (χ0) is 17.3. The van der Waals surface area contributed by atoms with Gasteiger partial charge in [-0.05, 0) is 37.6 Å². The predicted molar refractivity (Wildman–Crippen MR) is 97.4 cm³/mol. The van der Waals surface area contributed by atoms with E-state index in [0.717, 1.165) is 22.5 Å². The topological polar surface area (TPSA) is 43.6 Å². The minimum Gasteiger partial charge on any atom is -0.465 e. The van der Waals surface area contributed by atoms with Crippen LogP contribution in [-0.4, -0.2) is 23.9 Å². The summed E-state index contributed by atoms with van der Waals surface area (Å²) >= 11 is 0. The molecule has 0 unspecified atom stereocenters. The number of nitrogens with zero attached hydrogens (tertiary/aromatic N) is 2. The van der Waals surface area contributed by atoms with Gasteiger partial charge in [-0.1, -0.05) is 24.3 Å². The normalized spacial score (nSPS) is 11.3. The van der Waals surface area contributed by atoms with E-state index in [9.17, 15) is 4.79 Å². The number of aryl methyl sites for hydroxylation is 2. The van der Waals surface area contributed by atoms with Crippen LogP contribution in [0.4, 0.5) is 5.69 Å². The first-order valence-electron chi connectivity index (χ1n) is 7.80. The summed E-state index contributed by atoms with van der Waals surface area (Å²) in [4.78, 5) is 16.3. The number of hydrogen-bond acceptors (Lipinski definition) is 3. The number of aliphatic imine (C=N–C) groups is 1. The number of aromatic nitrogens is 1. The van der Waals surface area contributed by atoms with Crippen molar-refractivity contribution in [2.24, 2.45) is 12.0 Å². The molecule has 0 aliphatic heterocycles.